The van der Waals surface area contributed by atoms with E-state index in [9.17, 15) is 4.39 Å². The molecule has 72 valence electrons. The van der Waals surface area contributed by atoms with E-state index in [1.165, 1.54) is 17.8 Å². The zero-order valence-corrected chi connectivity index (χ0v) is 8.99. The molecule has 0 radical (unpaired) electrons. The van der Waals surface area contributed by atoms with E-state index in [1.807, 2.05) is 6.26 Å². The molecule has 1 aromatic heterocycles. The molecule has 0 unspecified atom stereocenters. The van der Waals surface area contributed by atoms with E-state index in [0.29, 0.717) is 0 Å². The van der Waals surface area contributed by atoms with Crippen LogP contribution in [0.25, 0.3) is 10.8 Å². The van der Waals surface area contributed by atoms with E-state index in [2.05, 4.69) is 4.98 Å². The Morgan fingerprint density at radius 1 is 1.36 bits per heavy atom. The van der Waals surface area contributed by atoms with Crippen molar-refractivity contribution in [2.45, 2.75) is 4.90 Å². The maximum Gasteiger partial charge on any atom is 0.142 e. The SMILES string of the molecule is CSc1cncc2ccc(F)c(Cl)c12. The summed E-state index contributed by atoms with van der Waals surface area (Å²) in [6.07, 6.45) is 5.29. The number of aromatic nitrogens is 1. The molecule has 0 saturated carbocycles. The zero-order valence-electron chi connectivity index (χ0n) is 7.42. The summed E-state index contributed by atoms with van der Waals surface area (Å²) < 4.78 is 13.2. The number of hydrogen-bond acceptors (Lipinski definition) is 2. The van der Waals surface area contributed by atoms with Crippen LogP contribution in [-0.2, 0) is 0 Å². The lowest BCUT2D eigenvalue weighted by atomic mass is 10.2. The molecule has 2 rings (SSSR count). The molecule has 1 aromatic carbocycles. The summed E-state index contributed by atoms with van der Waals surface area (Å²) in [5, 5.41) is 1.78. The molecule has 1 nitrogen and oxygen atoms in total. The average molecular weight is 228 g/mol. The Labute approximate surface area is 90.3 Å². The van der Waals surface area contributed by atoms with Crippen LogP contribution < -0.4 is 0 Å². The highest BCUT2D eigenvalue weighted by molar-refractivity contribution is 7.98. The van der Waals surface area contributed by atoms with E-state index in [-0.39, 0.29) is 10.8 Å². The maximum atomic E-state index is 13.2. The van der Waals surface area contributed by atoms with E-state index in [1.54, 1.807) is 18.5 Å². The van der Waals surface area contributed by atoms with Crippen molar-refractivity contribution in [2.75, 3.05) is 6.26 Å². The fourth-order valence-electron chi connectivity index (χ4n) is 1.33. The molecule has 0 bridgehead atoms. The summed E-state index contributed by atoms with van der Waals surface area (Å²) in [5.41, 5.74) is 0. The first-order chi connectivity index (χ1) is 6.74. The van der Waals surface area contributed by atoms with Crippen LogP contribution in [0.15, 0.2) is 29.4 Å². The Bertz CT molecular complexity index is 487. The second-order valence-electron chi connectivity index (χ2n) is 2.80. The smallest absolute Gasteiger partial charge is 0.142 e. The molecule has 0 fully saturated rings. The first kappa shape index (κ1) is 9.74. The Kier molecular flexibility index (Phi) is 2.61. The predicted octanol–water partition coefficient (Wildman–Crippen LogP) is 3.75. The number of rotatable bonds is 1. The highest BCUT2D eigenvalue weighted by Gasteiger charge is 2.08. The molecule has 0 N–H and O–H groups in total. The molecule has 4 heteroatoms. The maximum absolute atomic E-state index is 13.2. The van der Waals surface area contributed by atoms with Gasteiger partial charge in [0.25, 0.3) is 0 Å². The van der Waals surface area contributed by atoms with Gasteiger partial charge >= 0.3 is 0 Å². The quantitative estimate of drug-likeness (QED) is 0.689. The van der Waals surface area contributed by atoms with Gasteiger partial charge in [0, 0.05) is 28.1 Å². The molecule has 0 saturated heterocycles. The van der Waals surface area contributed by atoms with Crippen LogP contribution in [0.5, 0.6) is 0 Å². The normalized spacial score (nSPS) is 10.8. The summed E-state index contributed by atoms with van der Waals surface area (Å²) in [6, 6.07) is 3.04. The minimum absolute atomic E-state index is 0.175. The zero-order chi connectivity index (χ0) is 10.1. The van der Waals surface area contributed by atoms with E-state index in [0.717, 1.165) is 15.7 Å². The number of halogens is 2. The van der Waals surface area contributed by atoms with Gasteiger partial charge in [-0.3, -0.25) is 4.98 Å². The van der Waals surface area contributed by atoms with Crippen LogP contribution in [0.2, 0.25) is 5.02 Å². The number of benzene rings is 1. The van der Waals surface area contributed by atoms with Gasteiger partial charge in [0.05, 0.1) is 5.02 Å². The predicted molar refractivity (Wildman–Crippen MR) is 58.5 cm³/mol. The summed E-state index contributed by atoms with van der Waals surface area (Å²) in [6.45, 7) is 0. The van der Waals surface area contributed by atoms with Crippen molar-refractivity contribution in [3.63, 3.8) is 0 Å². The van der Waals surface area contributed by atoms with Gasteiger partial charge in [-0.25, -0.2) is 4.39 Å². The first-order valence-electron chi connectivity index (χ1n) is 3.99. The van der Waals surface area contributed by atoms with Crippen LogP contribution in [0, 0.1) is 5.82 Å². The number of hydrogen-bond donors (Lipinski definition) is 0. The van der Waals surface area contributed by atoms with Crippen LogP contribution in [0.4, 0.5) is 4.39 Å². The molecule has 0 aliphatic rings. The standard InChI is InChI=1S/C10H7ClFNS/c1-14-8-5-13-4-6-2-3-7(12)10(11)9(6)8/h2-5H,1H3. The first-order valence-corrected chi connectivity index (χ1v) is 5.60. The highest BCUT2D eigenvalue weighted by atomic mass is 35.5. The van der Waals surface area contributed by atoms with Gasteiger partial charge in [0.15, 0.2) is 0 Å². The Morgan fingerprint density at radius 2 is 2.14 bits per heavy atom. The fourth-order valence-corrected chi connectivity index (χ4v) is 2.25. The monoisotopic (exact) mass is 227 g/mol. The molecule has 0 spiro atoms. The number of fused-ring (bicyclic) bond motifs is 1. The van der Waals surface area contributed by atoms with E-state index < -0.39 is 0 Å². The summed E-state index contributed by atoms with van der Waals surface area (Å²) in [4.78, 5) is 4.95. The average Bonchev–Trinajstić information content (AvgIpc) is 2.23. The summed E-state index contributed by atoms with van der Waals surface area (Å²) in [5.74, 6) is -0.388. The lowest BCUT2D eigenvalue weighted by Gasteiger charge is -2.05. The Hall–Kier alpha value is -0.800. The molecule has 2 aromatic rings. The van der Waals surface area contributed by atoms with Gasteiger partial charge in [-0.15, -0.1) is 11.8 Å². The van der Waals surface area contributed by atoms with Gasteiger partial charge in [-0.2, -0.15) is 0 Å². The molecule has 0 amide bonds. The van der Waals surface area contributed by atoms with Crippen LogP contribution in [0.1, 0.15) is 0 Å². The minimum atomic E-state index is -0.388. The van der Waals surface area contributed by atoms with Crippen molar-refractivity contribution < 1.29 is 4.39 Å². The Morgan fingerprint density at radius 3 is 2.86 bits per heavy atom. The molecule has 14 heavy (non-hydrogen) atoms. The molecule has 0 aliphatic carbocycles. The van der Waals surface area contributed by atoms with Gasteiger partial charge in [0.1, 0.15) is 5.82 Å². The highest BCUT2D eigenvalue weighted by Crippen LogP contribution is 2.32. The van der Waals surface area contributed by atoms with Crippen LogP contribution >= 0.6 is 23.4 Å². The second-order valence-corrected chi connectivity index (χ2v) is 4.03. The van der Waals surface area contributed by atoms with Crippen LogP contribution in [-0.4, -0.2) is 11.2 Å². The summed E-state index contributed by atoms with van der Waals surface area (Å²) in [7, 11) is 0. The number of thioether (sulfide) groups is 1. The van der Waals surface area contributed by atoms with Crippen LogP contribution in [0.3, 0.4) is 0 Å². The third-order valence-corrected chi connectivity index (χ3v) is 3.12. The molecule has 1 heterocycles. The fraction of sp³-hybridized carbons (Fsp3) is 0.100. The van der Waals surface area contributed by atoms with Crippen molar-refractivity contribution in [3.05, 3.63) is 35.4 Å². The minimum Gasteiger partial charge on any atom is -0.263 e. The lowest BCUT2D eigenvalue weighted by molar-refractivity contribution is 0.630. The van der Waals surface area contributed by atoms with E-state index in [4.69, 9.17) is 11.6 Å². The van der Waals surface area contributed by atoms with Crippen molar-refractivity contribution >= 4 is 34.1 Å². The van der Waals surface area contributed by atoms with Crippen molar-refractivity contribution in [1.82, 2.24) is 4.98 Å². The van der Waals surface area contributed by atoms with Gasteiger partial charge in [-0.1, -0.05) is 11.6 Å². The third-order valence-electron chi connectivity index (χ3n) is 2.00. The van der Waals surface area contributed by atoms with Crippen molar-refractivity contribution in [2.24, 2.45) is 0 Å². The molecular formula is C10H7ClFNS. The number of pyridine rings is 1. The topological polar surface area (TPSA) is 12.9 Å². The summed E-state index contributed by atoms with van der Waals surface area (Å²) >= 11 is 7.40. The lowest BCUT2D eigenvalue weighted by Crippen LogP contribution is -1.84. The third kappa shape index (κ3) is 1.47. The van der Waals surface area contributed by atoms with Crippen molar-refractivity contribution in [3.8, 4) is 0 Å². The van der Waals surface area contributed by atoms with Gasteiger partial charge < -0.3 is 0 Å². The van der Waals surface area contributed by atoms with Gasteiger partial charge in [0.2, 0.25) is 0 Å². The molecular weight excluding hydrogens is 221 g/mol. The van der Waals surface area contributed by atoms with E-state index >= 15 is 0 Å². The molecule has 0 aliphatic heterocycles. The second kappa shape index (κ2) is 3.75. The van der Waals surface area contributed by atoms with Crippen molar-refractivity contribution in [1.29, 1.82) is 0 Å². The molecule has 0 atom stereocenters. The largest absolute Gasteiger partial charge is 0.263 e. The number of nitrogens with zero attached hydrogens (tertiary/aromatic N) is 1. The Balaban J connectivity index is 2.89. The van der Waals surface area contributed by atoms with Gasteiger partial charge in [-0.05, 0) is 18.4 Å².